The molecule has 0 saturated carbocycles. The monoisotopic (exact) mass is 422 g/mol. The van der Waals surface area contributed by atoms with E-state index in [4.69, 9.17) is 9.47 Å². The van der Waals surface area contributed by atoms with Crippen LogP contribution in [0.25, 0.3) is 11.3 Å². The fourth-order valence-corrected chi connectivity index (χ4v) is 2.97. The quantitative estimate of drug-likeness (QED) is 0.542. The number of methoxy groups -OCH3 is 2. The molecule has 8 heteroatoms. The summed E-state index contributed by atoms with van der Waals surface area (Å²) in [4.78, 5) is 24.3. The highest BCUT2D eigenvalue weighted by atomic mass is 16.5. The zero-order chi connectivity index (χ0) is 22.2. The van der Waals surface area contributed by atoms with Crippen LogP contribution in [0.2, 0.25) is 0 Å². The maximum atomic E-state index is 12.2. The first-order valence-corrected chi connectivity index (χ1v) is 9.91. The Morgan fingerprint density at radius 2 is 1.68 bits per heavy atom. The third-order valence-electron chi connectivity index (χ3n) is 4.66. The largest absolute Gasteiger partial charge is 0.497 e. The molecule has 2 N–H and O–H groups in total. The van der Waals surface area contributed by atoms with Crippen LogP contribution in [0.1, 0.15) is 12.0 Å². The highest BCUT2D eigenvalue weighted by Crippen LogP contribution is 2.25. The Labute approximate surface area is 180 Å². The lowest BCUT2D eigenvalue weighted by atomic mass is 10.1. The average molecular weight is 422 g/mol. The van der Waals surface area contributed by atoms with E-state index >= 15 is 0 Å². The molecular weight excluding hydrogens is 396 g/mol. The number of carbonyl (C=O) groups excluding carboxylic acids is 1. The first kappa shape index (κ1) is 21.9. The fourth-order valence-electron chi connectivity index (χ4n) is 2.97. The van der Waals surface area contributed by atoms with E-state index in [9.17, 15) is 9.59 Å². The van der Waals surface area contributed by atoms with Crippen LogP contribution in [0.5, 0.6) is 11.5 Å². The van der Waals surface area contributed by atoms with Crippen LogP contribution < -0.4 is 25.7 Å². The molecule has 0 spiro atoms. The fraction of sp³-hybridized carbons (Fsp3) is 0.261. The lowest BCUT2D eigenvalue weighted by Gasteiger charge is -2.11. The summed E-state index contributed by atoms with van der Waals surface area (Å²) >= 11 is 0. The van der Waals surface area contributed by atoms with Crippen molar-refractivity contribution in [1.29, 1.82) is 0 Å². The van der Waals surface area contributed by atoms with Crippen molar-refractivity contribution >= 4 is 11.7 Å². The summed E-state index contributed by atoms with van der Waals surface area (Å²) in [5.41, 5.74) is 3.22. The van der Waals surface area contributed by atoms with Crippen molar-refractivity contribution in [2.24, 2.45) is 0 Å². The lowest BCUT2D eigenvalue weighted by Crippen LogP contribution is -2.31. The summed E-state index contributed by atoms with van der Waals surface area (Å²) < 4.78 is 11.8. The minimum Gasteiger partial charge on any atom is -0.497 e. The topological polar surface area (TPSA) is 94.5 Å². The summed E-state index contributed by atoms with van der Waals surface area (Å²) in [7, 11) is 3.09. The van der Waals surface area contributed by atoms with Gasteiger partial charge in [-0.05, 0) is 19.4 Å². The van der Waals surface area contributed by atoms with E-state index in [1.807, 2.05) is 31.2 Å². The highest BCUT2D eigenvalue weighted by molar-refractivity contribution is 5.89. The number of aryl methyl sites for hydroxylation is 2. The minimum atomic E-state index is -0.357. The Morgan fingerprint density at radius 1 is 1.00 bits per heavy atom. The molecule has 2 amide bonds. The number of benzene rings is 2. The standard InChI is InChI=1S/C23H26N4O4/c1-16-5-7-17(8-6-16)21-9-10-22(28)27(26-21)12-4-11-24-23(29)25-18-13-19(30-2)15-20(14-18)31-3/h5-10,13-15H,4,11-12H2,1-3H3,(H2,24,25,29). The highest BCUT2D eigenvalue weighted by Gasteiger charge is 2.07. The van der Waals surface area contributed by atoms with Gasteiger partial charge < -0.3 is 20.1 Å². The number of hydrogen-bond acceptors (Lipinski definition) is 5. The van der Waals surface area contributed by atoms with Crippen molar-refractivity contribution in [3.8, 4) is 22.8 Å². The Balaban J connectivity index is 1.54. The molecule has 3 aromatic rings. The van der Waals surface area contributed by atoms with Crippen molar-refractivity contribution in [3.05, 3.63) is 70.5 Å². The van der Waals surface area contributed by atoms with Crippen LogP contribution >= 0.6 is 0 Å². The van der Waals surface area contributed by atoms with Crippen molar-refractivity contribution < 1.29 is 14.3 Å². The van der Waals surface area contributed by atoms with Crippen LogP contribution in [0.15, 0.2) is 59.4 Å². The molecule has 0 aliphatic carbocycles. The smallest absolute Gasteiger partial charge is 0.319 e. The Kier molecular flexibility index (Phi) is 7.26. The number of rotatable bonds is 8. The number of amides is 2. The molecule has 0 bridgehead atoms. The van der Waals surface area contributed by atoms with Gasteiger partial charge in [0.2, 0.25) is 0 Å². The average Bonchev–Trinajstić information content (AvgIpc) is 2.78. The summed E-state index contributed by atoms with van der Waals surface area (Å²) in [6.07, 6.45) is 0.555. The molecule has 0 fully saturated rings. The van der Waals surface area contributed by atoms with Gasteiger partial charge in [0.05, 0.1) is 19.9 Å². The Bertz CT molecular complexity index is 1070. The third-order valence-corrected chi connectivity index (χ3v) is 4.66. The predicted octanol–water partition coefficient (Wildman–Crippen LogP) is 3.45. The van der Waals surface area contributed by atoms with E-state index in [-0.39, 0.29) is 11.6 Å². The number of aromatic nitrogens is 2. The van der Waals surface area contributed by atoms with Crippen LogP contribution in [-0.4, -0.2) is 36.6 Å². The van der Waals surface area contributed by atoms with E-state index < -0.39 is 0 Å². The summed E-state index contributed by atoms with van der Waals surface area (Å²) in [6.45, 7) is 2.80. The number of nitrogens with one attached hydrogen (secondary N) is 2. The first-order valence-electron chi connectivity index (χ1n) is 9.91. The molecule has 8 nitrogen and oxygen atoms in total. The van der Waals surface area contributed by atoms with Gasteiger partial charge in [0.1, 0.15) is 11.5 Å². The van der Waals surface area contributed by atoms with Gasteiger partial charge in [-0.25, -0.2) is 9.48 Å². The predicted molar refractivity (Wildman–Crippen MR) is 120 cm³/mol. The zero-order valence-corrected chi connectivity index (χ0v) is 17.8. The molecule has 1 aromatic heterocycles. The summed E-state index contributed by atoms with van der Waals surface area (Å²) in [6, 6.07) is 16.0. The number of hydrogen-bond donors (Lipinski definition) is 2. The molecule has 3 rings (SSSR count). The van der Waals surface area contributed by atoms with E-state index in [0.29, 0.717) is 36.7 Å². The molecule has 0 aliphatic heterocycles. The molecule has 31 heavy (non-hydrogen) atoms. The van der Waals surface area contributed by atoms with Crippen LogP contribution in [-0.2, 0) is 6.54 Å². The van der Waals surface area contributed by atoms with Gasteiger partial charge in [-0.15, -0.1) is 0 Å². The van der Waals surface area contributed by atoms with E-state index in [2.05, 4.69) is 15.7 Å². The number of anilines is 1. The van der Waals surface area contributed by atoms with Gasteiger partial charge >= 0.3 is 6.03 Å². The number of urea groups is 1. The van der Waals surface area contributed by atoms with Gasteiger partial charge in [-0.1, -0.05) is 29.8 Å². The molecule has 1 heterocycles. The van der Waals surface area contributed by atoms with E-state index in [0.717, 1.165) is 16.8 Å². The molecule has 0 aliphatic rings. The zero-order valence-electron chi connectivity index (χ0n) is 17.8. The second-order valence-corrected chi connectivity index (χ2v) is 6.98. The SMILES string of the molecule is COc1cc(NC(=O)NCCCn2nc(-c3ccc(C)cc3)ccc2=O)cc(OC)c1. The molecule has 2 aromatic carbocycles. The number of carbonyl (C=O) groups is 1. The Hall–Kier alpha value is -3.81. The van der Waals surface area contributed by atoms with E-state index in [1.165, 1.54) is 10.7 Å². The molecule has 0 atom stereocenters. The molecule has 0 radical (unpaired) electrons. The van der Waals surface area contributed by atoms with Gasteiger partial charge in [0.15, 0.2) is 0 Å². The first-order chi connectivity index (χ1) is 15.0. The summed E-state index contributed by atoms with van der Waals surface area (Å²) in [5.74, 6) is 1.15. The second kappa shape index (κ2) is 10.3. The van der Waals surface area contributed by atoms with E-state index in [1.54, 1.807) is 38.5 Å². The minimum absolute atomic E-state index is 0.177. The van der Waals surface area contributed by atoms with Crippen LogP contribution in [0.4, 0.5) is 10.5 Å². The summed E-state index contributed by atoms with van der Waals surface area (Å²) in [5, 5.41) is 9.96. The number of nitrogens with zero attached hydrogens (tertiary/aromatic N) is 2. The third kappa shape index (κ3) is 6.08. The lowest BCUT2D eigenvalue weighted by molar-refractivity contribution is 0.251. The maximum Gasteiger partial charge on any atom is 0.319 e. The van der Waals surface area contributed by atoms with Crippen LogP contribution in [0, 0.1) is 6.92 Å². The van der Waals surface area contributed by atoms with Gasteiger partial charge in [-0.2, -0.15) is 5.10 Å². The van der Waals surface area contributed by atoms with Crippen molar-refractivity contribution in [2.75, 3.05) is 26.1 Å². The second-order valence-electron chi connectivity index (χ2n) is 6.98. The van der Waals surface area contributed by atoms with Gasteiger partial charge in [0.25, 0.3) is 5.56 Å². The van der Waals surface area contributed by atoms with Crippen molar-refractivity contribution in [1.82, 2.24) is 15.1 Å². The number of ether oxygens (including phenoxy) is 2. The maximum absolute atomic E-state index is 12.2. The van der Waals surface area contributed by atoms with Gasteiger partial charge in [0, 0.05) is 48.6 Å². The van der Waals surface area contributed by atoms with Crippen LogP contribution in [0.3, 0.4) is 0 Å². The Morgan fingerprint density at radius 3 is 2.32 bits per heavy atom. The van der Waals surface area contributed by atoms with Gasteiger partial charge in [-0.3, -0.25) is 4.79 Å². The normalized spacial score (nSPS) is 10.4. The molecule has 0 unspecified atom stereocenters. The van der Waals surface area contributed by atoms with Crippen molar-refractivity contribution in [3.63, 3.8) is 0 Å². The van der Waals surface area contributed by atoms with Crippen molar-refractivity contribution in [2.45, 2.75) is 19.9 Å². The molecular formula is C23H26N4O4. The molecule has 0 saturated heterocycles. The molecule has 162 valence electrons.